The molecule has 0 heterocycles. The topological polar surface area (TPSA) is 81.7 Å². The number of ether oxygens (including phenoxy) is 2. The predicted molar refractivity (Wildman–Crippen MR) is 69.3 cm³/mol. The van der Waals surface area contributed by atoms with Gasteiger partial charge >= 0.3 is 12.1 Å². The molecule has 6 heteroatoms. The zero-order valence-corrected chi connectivity index (χ0v) is 12.3. The molecule has 0 aliphatic carbocycles. The molecule has 1 radical (unpaired) electrons. The van der Waals surface area contributed by atoms with Gasteiger partial charge in [0.05, 0.1) is 0 Å². The number of carbonyl (C=O) groups excluding carboxylic acids is 3. The molecule has 109 valence electrons. The maximum absolute atomic E-state index is 11.8. The average Bonchev–Trinajstić information content (AvgIpc) is 2.10. The number of carbonyl (C=O) groups is 2. The Kier molecular flexibility index (Phi) is 5.99. The summed E-state index contributed by atoms with van der Waals surface area (Å²) in [5, 5.41) is 2.30. The highest BCUT2D eigenvalue weighted by atomic mass is 16.6. The molecule has 0 saturated heterocycles. The maximum atomic E-state index is 11.8. The number of hydrogen-bond acceptors (Lipinski definition) is 5. The molecule has 0 aromatic heterocycles. The van der Waals surface area contributed by atoms with Crippen LogP contribution >= 0.6 is 0 Å². The lowest BCUT2D eigenvalue weighted by Crippen LogP contribution is -2.46. The Morgan fingerprint density at radius 1 is 1.05 bits per heavy atom. The van der Waals surface area contributed by atoms with Gasteiger partial charge in [-0.1, -0.05) is 0 Å². The number of esters is 1. The molecule has 1 unspecified atom stereocenters. The zero-order valence-electron chi connectivity index (χ0n) is 12.3. The van der Waals surface area contributed by atoms with E-state index >= 15 is 0 Å². The first kappa shape index (κ1) is 17.4. The summed E-state index contributed by atoms with van der Waals surface area (Å²) in [5.74, 6) is -0.693. The van der Waals surface area contributed by atoms with Gasteiger partial charge in [0.2, 0.25) is 6.29 Å². The molecule has 0 aliphatic rings. The van der Waals surface area contributed by atoms with Crippen LogP contribution in [0.2, 0.25) is 0 Å². The number of hydrogen-bond donors (Lipinski definition) is 1. The minimum atomic E-state index is -1.09. The quantitative estimate of drug-likeness (QED) is 0.788. The van der Waals surface area contributed by atoms with Gasteiger partial charge in [-0.2, -0.15) is 0 Å². The van der Waals surface area contributed by atoms with E-state index in [-0.39, 0.29) is 6.42 Å². The molecule has 0 bridgehead atoms. The van der Waals surface area contributed by atoms with E-state index in [1.165, 1.54) is 0 Å². The molecule has 0 fully saturated rings. The van der Waals surface area contributed by atoms with Gasteiger partial charge in [-0.25, -0.2) is 9.59 Å². The summed E-state index contributed by atoms with van der Waals surface area (Å²) in [7, 11) is 0. The molecule has 0 saturated carbocycles. The first-order valence-electron chi connectivity index (χ1n) is 6.02. The van der Waals surface area contributed by atoms with E-state index in [0.29, 0.717) is 0 Å². The fraction of sp³-hybridized carbons (Fsp3) is 0.769. The summed E-state index contributed by atoms with van der Waals surface area (Å²) in [6.07, 6.45) is 0.519. The van der Waals surface area contributed by atoms with E-state index in [2.05, 4.69) is 5.32 Å². The Morgan fingerprint density at radius 2 is 1.53 bits per heavy atom. The summed E-state index contributed by atoms with van der Waals surface area (Å²) >= 11 is 0. The lowest BCUT2D eigenvalue weighted by atomic mass is 10.1. The average molecular weight is 272 g/mol. The molecule has 0 spiro atoms. The Labute approximate surface area is 113 Å². The molecule has 0 aromatic carbocycles. The third-order valence-corrected chi connectivity index (χ3v) is 1.67. The normalized spacial score (nSPS) is 13.4. The van der Waals surface area contributed by atoms with Crippen molar-refractivity contribution in [2.45, 2.75) is 65.2 Å². The van der Waals surface area contributed by atoms with Crippen molar-refractivity contribution in [1.29, 1.82) is 0 Å². The highest BCUT2D eigenvalue weighted by Gasteiger charge is 2.28. The predicted octanol–water partition coefficient (Wildman–Crippen LogP) is 1.72. The van der Waals surface area contributed by atoms with Gasteiger partial charge in [-0.05, 0) is 41.5 Å². The smallest absolute Gasteiger partial charge is 0.408 e. The standard InChI is InChI=1S/C13H22NO5/c1-12(2,3)18-10(16)9(7-8-15)14-11(17)19-13(4,5)6/h9H,7H2,1-6H3,(H,14,17). The van der Waals surface area contributed by atoms with Crippen LogP contribution in [0.5, 0.6) is 0 Å². The molecule has 1 N–H and O–H groups in total. The van der Waals surface area contributed by atoms with Gasteiger partial charge in [0, 0.05) is 6.42 Å². The van der Waals surface area contributed by atoms with Gasteiger partial charge in [0.15, 0.2) is 0 Å². The lowest BCUT2D eigenvalue weighted by Gasteiger charge is -2.25. The maximum Gasteiger partial charge on any atom is 0.408 e. The van der Waals surface area contributed by atoms with Crippen LogP contribution in [0.3, 0.4) is 0 Å². The van der Waals surface area contributed by atoms with E-state index in [0.717, 1.165) is 0 Å². The van der Waals surface area contributed by atoms with Crippen LogP contribution < -0.4 is 5.32 Å². The Morgan fingerprint density at radius 3 is 1.89 bits per heavy atom. The van der Waals surface area contributed by atoms with Gasteiger partial charge in [0.1, 0.15) is 17.2 Å². The van der Waals surface area contributed by atoms with E-state index in [1.54, 1.807) is 47.8 Å². The molecule has 0 rings (SSSR count). The Balaban J connectivity index is 4.61. The fourth-order valence-corrected chi connectivity index (χ4v) is 1.10. The van der Waals surface area contributed by atoms with Crippen LogP contribution in [-0.2, 0) is 19.1 Å². The second-order valence-corrected chi connectivity index (χ2v) is 6.08. The van der Waals surface area contributed by atoms with Crippen molar-refractivity contribution in [3.05, 3.63) is 0 Å². The molecular formula is C13H22NO5. The summed E-state index contributed by atoms with van der Waals surface area (Å²) in [5.41, 5.74) is -1.39. The highest BCUT2D eigenvalue weighted by molar-refractivity contribution is 5.84. The number of alkyl carbamates (subject to hydrolysis) is 1. The van der Waals surface area contributed by atoms with E-state index in [4.69, 9.17) is 9.47 Å². The monoisotopic (exact) mass is 272 g/mol. The van der Waals surface area contributed by atoms with Gasteiger partial charge < -0.3 is 14.8 Å². The van der Waals surface area contributed by atoms with E-state index in [9.17, 15) is 14.4 Å². The molecule has 1 atom stereocenters. The first-order valence-corrected chi connectivity index (χ1v) is 6.02. The van der Waals surface area contributed by atoms with Crippen molar-refractivity contribution in [3.63, 3.8) is 0 Å². The molecule has 0 aliphatic heterocycles. The van der Waals surface area contributed by atoms with Crippen LogP contribution in [0, 0.1) is 0 Å². The first-order chi connectivity index (χ1) is 8.44. The van der Waals surface area contributed by atoms with E-state index in [1.807, 2.05) is 0 Å². The third-order valence-electron chi connectivity index (χ3n) is 1.67. The summed E-state index contributed by atoms with van der Waals surface area (Å²) < 4.78 is 10.1. The van der Waals surface area contributed by atoms with Gasteiger partial charge in [-0.3, -0.25) is 4.79 Å². The van der Waals surface area contributed by atoms with Crippen LogP contribution in [0.15, 0.2) is 0 Å². The zero-order chi connectivity index (χ0) is 15.3. The molecule has 19 heavy (non-hydrogen) atoms. The molecule has 0 aromatic rings. The minimum Gasteiger partial charge on any atom is -0.458 e. The highest BCUT2D eigenvalue weighted by Crippen LogP contribution is 2.11. The van der Waals surface area contributed by atoms with Crippen molar-refractivity contribution >= 4 is 18.3 Å². The van der Waals surface area contributed by atoms with Gasteiger partial charge in [0.25, 0.3) is 0 Å². The third kappa shape index (κ3) is 9.04. The number of amides is 1. The van der Waals surface area contributed by atoms with E-state index < -0.39 is 29.3 Å². The summed E-state index contributed by atoms with van der Waals surface area (Å²) in [6, 6.07) is -1.09. The largest absolute Gasteiger partial charge is 0.458 e. The lowest BCUT2D eigenvalue weighted by molar-refractivity contribution is -0.157. The Bertz CT molecular complexity index is 338. The fourth-order valence-electron chi connectivity index (χ4n) is 1.10. The van der Waals surface area contributed by atoms with Crippen LogP contribution in [0.4, 0.5) is 4.79 Å². The Hall–Kier alpha value is -1.59. The molecular weight excluding hydrogens is 250 g/mol. The summed E-state index contributed by atoms with van der Waals surface area (Å²) in [4.78, 5) is 33.7. The van der Waals surface area contributed by atoms with Crippen molar-refractivity contribution in [2.75, 3.05) is 0 Å². The SMILES string of the molecule is CC(C)(C)OC(=O)NC(C[C]=O)C(=O)OC(C)(C)C. The van der Waals surface area contributed by atoms with Crippen molar-refractivity contribution in [3.8, 4) is 0 Å². The van der Waals surface area contributed by atoms with Crippen molar-refractivity contribution in [1.82, 2.24) is 5.32 Å². The molecule has 6 nitrogen and oxygen atoms in total. The number of nitrogens with one attached hydrogen (secondary N) is 1. The second-order valence-electron chi connectivity index (χ2n) is 6.08. The molecule has 1 amide bonds. The summed E-state index contributed by atoms with van der Waals surface area (Å²) in [6.45, 7) is 10.2. The van der Waals surface area contributed by atoms with Crippen LogP contribution in [0.25, 0.3) is 0 Å². The van der Waals surface area contributed by atoms with Gasteiger partial charge in [-0.15, -0.1) is 0 Å². The van der Waals surface area contributed by atoms with Crippen molar-refractivity contribution < 1.29 is 23.9 Å². The minimum absolute atomic E-state index is 0.284. The van der Waals surface area contributed by atoms with Crippen molar-refractivity contribution in [2.24, 2.45) is 0 Å². The number of rotatable bonds is 4. The second kappa shape index (κ2) is 6.54. The van der Waals surface area contributed by atoms with Crippen LogP contribution in [-0.4, -0.2) is 35.6 Å². The van der Waals surface area contributed by atoms with Crippen LogP contribution in [0.1, 0.15) is 48.0 Å².